The molecule has 1 amide bonds. The number of nitrogens with two attached hydrogens (primary N) is 1. The zero-order valence-corrected chi connectivity index (χ0v) is 13.2. The third-order valence-corrected chi connectivity index (χ3v) is 4.33. The van der Waals surface area contributed by atoms with E-state index in [-0.39, 0.29) is 23.7 Å². The van der Waals surface area contributed by atoms with E-state index in [1.54, 1.807) is 10.9 Å². The van der Waals surface area contributed by atoms with Crippen molar-refractivity contribution in [2.75, 3.05) is 11.9 Å². The Morgan fingerprint density at radius 1 is 1.27 bits per heavy atom. The van der Waals surface area contributed by atoms with Gasteiger partial charge in [-0.3, -0.25) is 4.79 Å². The first-order chi connectivity index (χ1) is 10.2. The van der Waals surface area contributed by atoms with E-state index in [0.717, 1.165) is 37.1 Å². The van der Waals surface area contributed by atoms with Gasteiger partial charge in [-0.1, -0.05) is 12.8 Å². The van der Waals surface area contributed by atoms with Crippen molar-refractivity contribution < 1.29 is 4.79 Å². The summed E-state index contributed by atoms with van der Waals surface area (Å²) in [5.74, 6) is 0.0503. The molecule has 1 heterocycles. The average molecular weight is 321 g/mol. The third kappa shape index (κ3) is 3.15. The zero-order chi connectivity index (χ0) is 14.7. The lowest BCUT2D eigenvalue weighted by atomic mass is 9.85. The summed E-state index contributed by atoms with van der Waals surface area (Å²) >= 11 is 0. The van der Waals surface area contributed by atoms with Crippen LogP contribution in [0.3, 0.4) is 0 Å². The molecular formula is C16H21ClN4O. The van der Waals surface area contributed by atoms with Gasteiger partial charge in [-0.25, -0.2) is 4.68 Å². The van der Waals surface area contributed by atoms with Crippen molar-refractivity contribution >= 4 is 24.0 Å². The van der Waals surface area contributed by atoms with Gasteiger partial charge in [0.05, 0.1) is 11.1 Å². The van der Waals surface area contributed by atoms with E-state index in [0.29, 0.717) is 6.54 Å². The summed E-state index contributed by atoms with van der Waals surface area (Å²) in [6.07, 6.45) is 7.57. The predicted octanol–water partition coefficient (Wildman–Crippen LogP) is 2.75. The Labute approximate surface area is 136 Å². The molecule has 22 heavy (non-hydrogen) atoms. The van der Waals surface area contributed by atoms with Crippen LogP contribution in [-0.2, 0) is 4.79 Å². The van der Waals surface area contributed by atoms with Crippen molar-refractivity contribution in [3.63, 3.8) is 0 Å². The van der Waals surface area contributed by atoms with Crippen LogP contribution in [-0.4, -0.2) is 22.2 Å². The third-order valence-electron chi connectivity index (χ3n) is 4.33. The van der Waals surface area contributed by atoms with Crippen LogP contribution in [0.4, 0.5) is 5.69 Å². The number of anilines is 1. The van der Waals surface area contributed by atoms with Gasteiger partial charge in [-0.15, -0.1) is 12.4 Å². The molecule has 1 fully saturated rings. The first kappa shape index (κ1) is 16.5. The lowest BCUT2D eigenvalue weighted by Gasteiger charge is -2.25. The standard InChI is InChI=1S/C16H20N4O.ClH/c17-12-16(8-1-2-9-16)15(21)19-13-4-6-14(7-5-13)20-11-3-10-18-20;/h3-7,10-11H,1-2,8-9,12,17H2,(H,19,21);1H. The van der Waals surface area contributed by atoms with Gasteiger partial charge in [0, 0.05) is 24.6 Å². The number of carbonyl (C=O) groups is 1. The van der Waals surface area contributed by atoms with E-state index < -0.39 is 0 Å². The lowest BCUT2D eigenvalue weighted by molar-refractivity contribution is -0.124. The maximum Gasteiger partial charge on any atom is 0.231 e. The van der Waals surface area contributed by atoms with Crippen LogP contribution >= 0.6 is 12.4 Å². The number of aromatic nitrogens is 2. The fourth-order valence-corrected chi connectivity index (χ4v) is 2.96. The molecule has 118 valence electrons. The lowest BCUT2D eigenvalue weighted by Crippen LogP contribution is -2.40. The van der Waals surface area contributed by atoms with Crippen molar-refractivity contribution in [1.29, 1.82) is 0 Å². The maximum absolute atomic E-state index is 12.5. The van der Waals surface area contributed by atoms with E-state index in [9.17, 15) is 4.79 Å². The molecule has 1 saturated carbocycles. The van der Waals surface area contributed by atoms with Crippen molar-refractivity contribution in [1.82, 2.24) is 9.78 Å². The van der Waals surface area contributed by atoms with Crippen molar-refractivity contribution in [3.05, 3.63) is 42.7 Å². The summed E-state index contributed by atoms with van der Waals surface area (Å²) in [5.41, 5.74) is 7.23. The van der Waals surface area contributed by atoms with Crippen LogP contribution in [0.5, 0.6) is 0 Å². The van der Waals surface area contributed by atoms with Crippen LogP contribution < -0.4 is 11.1 Å². The smallest absolute Gasteiger partial charge is 0.231 e. The van der Waals surface area contributed by atoms with Gasteiger partial charge in [0.1, 0.15) is 0 Å². The Balaban J connectivity index is 0.00000176. The summed E-state index contributed by atoms with van der Waals surface area (Å²) in [4.78, 5) is 12.5. The summed E-state index contributed by atoms with van der Waals surface area (Å²) in [5, 5.41) is 7.18. The van der Waals surface area contributed by atoms with Gasteiger partial charge in [-0.2, -0.15) is 5.10 Å². The van der Waals surface area contributed by atoms with Gasteiger partial charge in [0.25, 0.3) is 0 Å². The minimum Gasteiger partial charge on any atom is -0.329 e. The Morgan fingerprint density at radius 2 is 1.95 bits per heavy atom. The molecule has 0 bridgehead atoms. The SMILES string of the molecule is Cl.NCC1(C(=O)Nc2ccc(-n3cccn3)cc2)CCCC1. The molecule has 2 aromatic rings. The second-order valence-corrected chi connectivity index (χ2v) is 5.64. The highest BCUT2D eigenvalue weighted by Gasteiger charge is 2.39. The molecule has 1 aliphatic rings. The number of carbonyl (C=O) groups excluding carboxylic acids is 1. The molecule has 0 saturated heterocycles. The normalized spacial score (nSPS) is 16.0. The molecule has 5 nitrogen and oxygen atoms in total. The van der Waals surface area contributed by atoms with E-state index in [1.807, 2.05) is 36.5 Å². The highest BCUT2D eigenvalue weighted by molar-refractivity contribution is 5.95. The van der Waals surface area contributed by atoms with Gasteiger partial charge in [0.15, 0.2) is 0 Å². The number of hydrogen-bond acceptors (Lipinski definition) is 3. The number of benzene rings is 1. The molecule has 0 aliphatic heterocycles. The molecule has 0 spiro atoms. The fraction of sp³-hybridized carbons (Fsp3) is 0.375. The molecular weight excluding hydrogens is 300 g/mol. The zero-order valence-electron chi connectivity index (χ0n) is 12.4. The molecule has 3 rings (SSSR count). The molecule has 1 aliphatic carbocycles. The highest BCUT2D eigenvalue weighted by atomic mass is 35.5. The quantitative estimate of drug-likeness (QED) is 0.909. The molecule has 6 heteroatoms. The Bertz CT molecular complexity index is 604. The Kier molecular flexibility index (Phi) is 5.21. The predicted molar refractivity (Wildman–Crippen MR) is 89.4 cm³/mol. The number of rotatable bonds is 4. The molecule has 3 N–H and O–H groups in total. The number of halogens is 1. The average Bonchev–Trinajstić information content (AvgIpc) is 3.20. The number of nitrogens with zero attached hydrogens (tertiary/aromatic N) is 2. The van der Waals surface area contributed by atoms with Gasteiger partial charge < -0.3 is 11.1 Å². The largest absolute Gasteiger partial charge is 0.329 e. The maximum atomic E-state index is 12.5. The van der Waals surface area contributed by atoms with Gasteiger partial charge >= 0.3 is 0 Å². The minimum absolute atomic E-state index is 0. The number of nitrogens with one attached hydrogen (secondary N) is 1. The second kappa shape index (κ2) is 6.94. The topological polar surface area (TPSA) is 72.9 Å². The fourth-order valence-electron chi connectivity index (χ4n) is 2.96. The van der Waals surface area contributed by atoms with Gasteiger partial charge in [0.2, 0.25) is 5.91 Å². The van der Waals surface area contributed by atoms with Crippen LogP contribution in [0.2, 0.25) is 0 Å². The van der Waals surface area contributed by atoms with E-state index in [2.05, 4.69) is 10.4 Å². The van der Waals surface area contributed by atoms with Crippen molar-refractivity contribution in [2.24, 2.45) is 11.1 Å². The van der Waals surface area contributed by atoms with Crippen LogP contribution in [0.15, 0.2) is 42.7 Å². The Morgan fingerprint density at radius 3 is 2.50 bits per heavy atom. The molecule has 0 radical (unpaired) electrons. The van der Waals surface area contributed by atoms with Crippen molar-refractivity contribution in [2.45, 2.75) is 25.7 Å². The number of hydrogen-bond donors (Lipinski definition) is 2. The van der Waals surface area contributed by atoms with E-state index >= 15 is 0 Å². The molecule has 0 atom stereocenters. The monoisotopic (exact) mass is 320 g/mol. The van der Waals surface area contributed by atoms with Gasteiger partial charge in [-0.05, 0) is 43.2 Å². The molecule has 1 aromatic heterocycles. The van der Waals surface area contributed by atoms with Crippen molar-refractivity contribution in [3.8, 4) is 5.69 Å². The highest BCUT2D eigenvalue weighted by Crippen LogP contribution is 2.38. The minimum atomic E-state index is -0.374. The summed E-state index contributed by atoms with van der Waals surface area (Å²) in [6.45, 7) is 0.421. The van der Waals surface area contributed by atoms with E-state index in [1.165, 1.54) is 0 Å². The summed E-state index contributed by atoms with van der Waals surface area (Å²) in [7, 11) is 0. The summed E-state index contributed by atoms with van der Waals surface area (Å²) in [6, 6.07) is 9.54. The number of amides is 1. The summed E-state index contributed by atoms with van der Waals surface area (Å²) < 4.78 is 1.78. The van der Waals surface area contributed by atoms with Crippen LogP contribution in [0, 0.1) is 5.41 Å². The first-order valence-corrected chi connectivity index (χ1v) is 7.35. The first-order valence-electron chi connectivity index (χ1n) is 7.35. The molecule has 1 aromatic carbocycles. The van der Waals surface area contributed by atoms with Crippen LogP contribution in [0.1, 0.15) is 25.7 Å². The second-order valence-electron chi connectivity index (χ2n) is 5.64. The van der Waals surface area contributed by atoms with E-state index in [4.69, 9.17) is 5.73 Å². The van der Waals surface area contributed by atoms with Crippen LogP contribution in [0.25, 0.3) is 5.69 Å². The Hall–Kier alpha value is -1.85. The molecule has 0 unspecified atom stereocenters.